The smallest absolute Gasteiger partial charge is 0.328 e. The summed E-state index contributed by atoms with van der Waals surface area (Å²) in [4.78, 5) is 80.4. The zero-order valence-corrected chi connectivity index (χ0v) is 69.3. The van der Waals surface area contributed by atoms with E-state index in [0.29, 0.717) is 49.3 Å². The zero-order chi connectivity index (χ0) is 87.9. The molecular formula is C84H125N7O30. The molecule has 0 bridgehead atoms. The van der Waals surface area contributed by atoms with Gasteiger partial charge < -0.3 is 139 Å². The third kappa shape index (κ3) is 36.0. The molecule has 4 aliphatic heterocycles. The van der Waals surface area contributed by atoms with Crippen molar-refractivity contribution in [1.29, 1.82) is 0 Å². The number of azide groups is 1. The van der Waals surface area contributed by atoms with Crippen LogP contribution in [0.5, 0.6) is 11.5 Å². The van der Waals surface area contributed by atoms with Crippen molar-refractivity contribution in [3.63, 3.8) is 0 Å². The van der Waals surface area contributed by atoms with E-state index in [1.54, 1.807) is 62.4 Å². The Kier molecular flexibility index (Phi) is 48.3. The molecule has 0 radical (unpaired) electrons. The molecule has 4 aliphatic rings. The lowest BCUT2D eigenvalue weighted by atomic mass is 9.97. The topological polar surface area (TPSA) is 531 Å². The second-order valence-electron chi connectivity index (χ2n) is 28.9. The van der Waals surface area contributed by atoms with Gasteiger partial charge in [-0.25, -0.2) is 4.79 Å². The average Bonchev–Trinajstić information content (AvgIpc) is 0.797. The Morgan fingerprint density at radius 1 is 0.463 bits per heavy atom. The number of unbranched alkanes of at least 4 members (excludes halogenated alkanes) is 2. The number of nitrogens with one attached hydrogen (secondary N) is 4. The van der Waals surface area contributed by atoms with Crippen LogP contribution in [-0.4, -0.2) is 315 Å². The molecule has 0 aromatic heterocycles. The van der Waals surface area contributed by atoms with Crippen LogP contribution in [0.2, 0.25) is 0 Å². The van der Waals surface area contributed by atoms with E-state index in [1.807, 2.05) is 12.2 Å². The number of ketones is 1. The lowest BCUT2D eigenvalue weighted by Gasteiger charge is -2.45. The highest BCUT2D eigenvalue weighted by atomic mass is 16.8. The van der Waals surface area contributed by atoms with Gasteiger partial charge in [0.1, 0.15) is 142 Å². The van der Waals surface area contributed by atoms with E-state index >= 15 is 0 Å². The van der Waals surface area contributed by atoms with Crippen molar-refractivity contribution in [2.24, 2.45) is 5.11 Å². The number of aliphatic hydroxyl groups is 10. The van der Waals surface area contributed by atoms with Crippen molar-refractivity contribution >= 4 is 35.4 Å². The van der Waals surface area contributed by atoms with Crippen molar-refractivity contribution in [3.05, 3.63) is 143 Å². The standard InChI is InChI=1S/C84H125N7O30/c1-6-9-10-11-12-13-14-15-16-17-18-19-20-21-22-23-24-25-27-30-64(93)89-57(59(92)7-2)45-53-32-36-55(37-33-53)111-43-42-87-67(96)52-114-79-71(100)63(50-116-82-74(103)72(101)68(97)60(119-82)47-108-4)121-84(77(79)106)117-48-61-69(98)73(102)75(104)83(120-61)115-49-62-70(99)78(76(105)81(109-5)118-62)113-51-66(95)86-41-44-112-56-38-34-54(35-39-56)46-58(80(107)110-8-3)90-65(94)31-28-26-29-40-88-91-85/h9-10,12-13,15-16,18-19,21-22,24-25,32-39,57-58,60-63,68-79,81-84,97-106H,6-8,11,14,17,20,23,26-31,40-52H2,1-5H3,(H,86,95)(H,87,96)(H,89,93)(H,90,94)/b10-9-,13-12-,16-15-,19-18-,22-21-,25-24-/t57-,58-,60?,61?,62?,63?,68+,69+,70+,71+,72-,73-,74?,75?,76?,77?,78-,79-,81-,82+,83+,84-/m0/s1. The van der Waals surface area contributed by atoms with Crippen LogP contribution in [0.4, 0.5) is 0 Å². The molecule has 2 aromatic rings. The fraction of sp³-hybridized carbons (Fsp3) is 0.643. The molecule has 121 heavy (non-hydrogen) atoms. The van der Waals surface area contributed by atoms with Gasteiger partial charge in [-0.15, -0.1) is 0 Å². The Morgan fingerprint density at radius 3 is 1.32 bits per heavy atom. The van der Waals surface area contributed by atoms with Crippen LogP contribution in [0, 0.1) is 0 Å². The summed E-state index contributed by atoms with van der Waals surface area (Å²) < 4.78 is 79.4. The molecule has 4 heterocycles. The SMILES string of the molecule is CC/C=C\C/C=C\C/C=C\C/C=C\C/C=C\C/C=C\CCC(=O)N[C@@H](Cc1ccc(OCCNC(=O)CO[C@@H]2C(O)[C@@H](OCC3O[C@@H](OCC4O[C@H](OC)C(O)[C@@H](OCC(=O)NCCOc5ccc(C[C@H](NC(=O)CCCCCN=[N+]=[N-])C(=O)OCC)cc5)[C@@H]4O)C(O)[C@@H](O)[C@@H]3O)OC(CO[C@@H]3OC(COC)[C@@H](O)[C@H](O)C3O)[C@H]2O)cc1)C(=O)CC. The number of Topliss-reactive ketones (excluding diaryl/α,β-unsaturated/α-hetero) is 1. The van der Waals surface area contributed by atoms with Crippen LogP contribution in [-0.2, 0) is 98.5 Å². The number of aliphatic hydroxyl groups excluding tert-OH is 10. The van der Waals surface area contributed by atoms with Crippen molar-refractivity contribution < 1.29 is 146 Å². The van der Waals surface area contributed by atoms with Gasteiger partial charge in [0.2, 0.25) is 23.6 Å². The lowest BCUT2D eigenvalue weighted by molar-refractivity contribution is -0.349. The van der Waals surface area contributed by atoms with E-state index in [1.165, 1.54) is 14.2 Å². The molecule has 14 N–H and O–H groups in total. The Hall–Kier alpha value is -8.03. The van der Waals surface area contributed by atoms with Crippen LogP contribution in [0.3, 0.4) is 0 Å². The van der Waals surface area contributed by atoms with Crippen LogP contribution in [0.15, 0.2) is 127 Å². The van der Waals surface area contributed by atoms with Crippen LogP contribution >= 0.6 is 0 Å². The minimum Gasteiger partial charge on any atom is -0.492 e. The van der Waals surface area contributed by atoms with E-state index in [9.17, 15) is 79.8 Å². The van der Waals surface area contributed by atoms with Crippen LogP contribution in [0.1, 0.15) is 115 Å². The van der Waals surface area contributed by atoms with Crippen molar-refractivity contribution in [3.8, 4) is 11.5 Å². The Morgan fingerprint density at radius 2 is 0.876 bits per heavy atom. The van der Waals surface area contributed by atoms with E-state index in [2.05, 4.69) is 99.0 Å². The predicted molar refractivity (Wildman–Crippen MR) is 434 cm³/mol. The van der Waals surface area contributed by atoms with Gasteiger partial charge in [0, 0.05) is 51.4 Å². The van der Waals surface area contributed by atoms with E-state index < -0.39 is 186 Å². The first-order valence-corrected chi connectivity index (χ1v) is 41.1. The molecule has 37 nitrogen and oxygen atoms in total. The first-order chi connectivity index (χ1) is 58.4. The third-order valence-corrected chi connectivity index (χ3v) is 19.7. The maximum Gasteiger partial charge on any atom is 0.328 e. The summed E-state index contributed by atoms with van der Waals surface area (Å²) in [6, 6.07) is 11.8. The molecule has 4 amide bonds. The summed E-state index contributed by atoms with van der Waals surface area (Å²) in [5.74, 6) is -1.89. The largest absolute Gasteiger partial charge is 0.492 e. The second kappa shape index (κ2) is 57.4. The van der Waals surface area contributed by atoms with Gasteiger partial charge >= 0.3 is 5.97 Å². The summed E-state index contributed by atoms with van der Waals surface area (Å²) in [7, 11) is 2.48. The number of methoxy groups -OCH3 is 2. The zero-order valence-electron chi connectivity index (χ0n) is 69.3. The quantitative estimate of drug-likeness (QED) is 0.0112. The molecule has 4 saturated heterocycles. The number of esters is 1. The van der Waals surface area contributed by atoms with E-state index in [4.69, 9.17) is 71.8 Å². The Bertz CT molecular complexity index is 3590. The number of benzene rings is 2. The van der Waals surface area contributed by atoms with E-state index in [0.717, 1.165) is 44.1 Å². The third-order valence-electron chi connectivity index (χ3n) is 19.7. The van der Waals surface area contributed by atoms with Crippen LogP contribution < -0.4 is 30.7 Å². The Balaban J connectivity index is 0.961. The summed E-state index contributed by atoms with van der Waals surface area (Å²) >= 11 is 0. The molecule has 0 spiro atoms. The van der Waals surface area contributed by atoms with Crippen molar-refractivity contribution in [1.82, 2.24) is 21.3 Å². The molecule has 8 unspecified atom stereocenters. The Labute approximate surface area is 704 Å². The van der Waals surface area contributed by atoms with Gasteiger partial charge in [-0.05, 0) is 112 Å². The summed E-state index contributed by atoms with van der Waals surface area (Å²) in [5.41, 5.74) is 9.89. The minimum atomic E-state index is -2.01. The highest BCUT2D eigenvalue weighted by molar-refractivity contribution is 5.89. The number of carbonyl (C=O) groups is 6. The number of nitrogens with zero attached hydrogens (tertiary/aromatic N) is 3. The first-order valence-electron chi connectivity index (χ1n) is 41.1. The minimum absolute atomic E-state index is 0.0157. The molecule has 0 saturated carbocycles. The van der Waals surface area contributed by atoms with Crippen molar-refractivity contribution in [2.45, 2.75) is 252 Å². The molecule has 0 aliphatic carbocycles. The molecule has 22 atom stereocenters. The molecule has 6 rings (SSSR count). The van der Waals surface area contributed by atoms with E-state index in [-0.39, 0.29) is 89.2 Å². The fourth-order valence-electron chi connectivity index (χ4n) is 13.0. The highest BCUT2D eigenvalue weighted by Crippen LogP contribution is 2.32. The predicted octanol–water partition coefficient (Wildman–Crippen LogP) is 1.94. The maximum atomic E-state index is 13.3. The number of ether oxygens (including phenoxy) is 14. The maximum absolute atomic E-state index is 13.3. The van der Waals surface area contributed by atoms with Crippen molar-refractivity contribution in [2.75, 3.05) is 93.3 Å². The monoisotopic (exact) mass is 1710 g/mol. The second-order valence-corrected chi connectivity index (χ2v) is 28.9. The summed E-state index contributed by atoms with van der Waals surface area (Å²) in [5, 5.41) is 126. The molecule has 676 valence electrons. The molecule has 4 fully saturated rings. The number of hydrogen-bond donors (Lipinski definition) is 14. The molecular weight excluding hydrogens is 1590 g/mol. The van der Waals surface area contributed by atoms with Crippen LogP contribution in [0.25, 0.3) is 10.4 Å². The van der Waals surface area contributed by atoms with Gasteiger partial charge in [-0.1, -0.05) is 123 Å². The lowest BCUT2D eigenvalue weighted by Crippen LogP contribution is -2.63. The summed E-state index contributed by atoms with van der Waals surface area (Å²) in [6.07, 6.45) is -0.215. The number of hydrogen-bond acceptors (Lipinski definition) is 31. The van der Waals surface area contributed by atoms with Gasteiger partial charge in [0.05, 0.1) is 52.2 Å². The normalized spacial score (nSPS) is 27.6. The van der Waals surface area contributed by atoms with Gasteiger partial charge in [-0.3, -0.25) is 24.0 Å². The first kappa shape index (κ1) is 102. The number of amides is 4. The van der Waals surface area contributed by atoms with Gasteiger partial charge in [0.25, 0.3) is 0 Å². The highest BCUT2D eigenvalue weighted by Gasteiger charge is 2.52. The fourth-order valence-corrected chi connectivity index (χ4v) is 13.0. The number of carbonyl (C=O) groups excluding carboxylic acids is 6. The summed E-state index contributed by atoms with van der Waals surface area (Å²) in [6.45, 7) is 1.93. The molecule has 2 aromatic carbocycles. The number of rotatable bonds is 56. The number of allylic oxidation sites excluding steroid dienone is 12. The average molecular weight is 1710 g/mol. The van der Waals surface area contributed by atoms with Gasteiger partial charge in [-0.2, -0.15) is 0 Å². The van der Waals surface area contributed by atoms with Gasteiger partial charge in [0.15, 0.2) is 30.9 Å². The molecule has 37 heteroatoms.